The fourth-order valence-corrected chi connectivity index (χ4v) is 1.86. The summed E-state index contributed by atoms with van der Waals surface area (Å²) in [6.07, 6.45) is 0. The van der Waals surface area contributed by atoms with Crippen LogP contribution in [0.25, 0.3) is 0 Å². The summed E-state index contributed by atoms with van der Waals surface area (Å²) in [5, 5.41) is 9.78. The monoisotopic (exact) mass is 264 g/mol. The predicted molar refractivity (Wildman–Crippen MR) is 77.4 cm³/mol. The number of amides is 1. The standard InChI is InChI=1S/C15H24N2O2/c1-12(2)11-17(10-9-16(3)4)15(19)13-7-5-6-8-14(13)18/h5-8,12,18H,9-11H2,1-4H3. The number of carbonyl (C=O) groups excluding carboxylic acids is 1. The lowest BCUT2D eigenvalue weighted by atomic mass is 10.1. The van der Waals surface area contributed by atoms with Gasteiger partial charge in [0.05, 0.1) is 5.56 Å². The molecule has 0 aliphatic rings. The first-order valence-electron chi connectivity index (χ1n) is 6.63. The Hall–Kier alpha value is -1.55. The molecule has 4 nitrogen and oxygen atoms in total. The van der Waals surface area contributed by atoms with Crippen LogP contribution in [0.1, 0.15) is 24.2 Å². The molecule has 19 heavy (non-hydrogen) atoms. The molecule has 106 valence electrons. The number of hydrogen-bond donors (Lipinski definition) is 1. The minimum atomic E-state index is -0.103. The molecule has 0 saturated carbocycles. The minimum absolute atomic E-state index is 0.0473. The molecule has 0 fully saturated rings. The fraction of sp³-hybridized carbons (Fsp3) is 0.533. The van der Waals surface area contributed by atoms with Crippen molar-refractivity contribution in [2.75, 3.05) is 33.7 Å². The van der Waals surface area contributed by atoms with Gasteiger partial charge in [-0.25, -0.2) is 0 Å². The molecule has 0 unspecified atom stereocenters. The van der Waals surface area contributed by atoms with E-state index in [1.165, 1.54) is 0 Å². The summed E-state index contributed by atoms with van der Waals surface area (Å²) in [4.78, 5) is 16.3. The molecule has 0 atom stereocenters. The van der Waals surface area contributed by atoms with Crippen LogP contribution < -0.4 is 0 Å². The zero-order chi connectivity index (χ0) is 14.4. The van der Waals surface area contributed by atoms with Gasteiger partial charge in [-0.1, -0.05) is 26.0 Å². The number of likely N-dealkylation sites (N-methyl/N-ethyl adjacent to an activating group) is 1. The Morgan fingerprint density at radius 1 is 1.21 bits per heavy atom. The first-order chi connectivity index (χ1) is 8.91. The third-order valence-corrected chi connectivity index (χ3v) is 2.82. The van der Waals surface area contributed by atoms with E-state index in [-0.39, 0.29) is 11.7 Å². The summed E-state index contributed by atoms with van der Waals surface area (Å²) >= 11 is 0. The molecule has 4 heteroatoms. The van der Waals surface area contributed by atoms with Crippen molar-refractivity contribution in [1.82, 2.24) is 9.80 Å². The number of para-hydroxylation sites is 1. The fourth-order valence-electron chi connectivity index (χ4n) is 1.86. The first-order valence-corrected chi connectivity index (χ1v) is 6.63. The van der Waals surface area contributed by atoms with E-state index in [1.807, 2.05) is 19.0 Å². The molecule has 0 radical (unpaired) electrons. The molecule has 0 saturated heterocycles. The van der Waals surface area contributed by atoms with Crippen LogP contribution in [-0.4, -0.2) is 54.5 Å². The second kappa shape index (κ2) is 7.14. The topological polar surface area (TPSA) is 43.8 Å². The highest BCUT2D eigenvalue weighted by molar-refractivity contribution is 5.96. The molecule has 0 spiro atoms. The number of nitrogens with zero attached hydrogens (tertiary/aromatic N) is 2. The predicted octanol–water partition coefficient (Wildman–Crippen LogP) is 2.05. The van der Waals surface area contributed by atoms with Gasteiger partial charge >= 0.3 is 0 Å². The van der Waals surface area contributed by atoms with Gasteiger partial charge in [0.1, 0.15) is 5.75 Å². The molecule has 1 N–H and O–H groups in total. The maximum Gasteiger partial charge on any atom is 0.257 e. The molecule has 1 amide bonds. The largest absolute Gasteiger partial charge is 0.507 e. The molecule has 0 heterocycles. The maximum atomic E-state index is 12.5. The average Bonchev–Trinajstić information content (AvgIpc) is 2.33. The third kappa shape index (κ3) is 4.91. The summed E-state index contributed by atoms with van der Waals surface area (Å²) in [6.45, 7) is 6.34. The van der Waals surface area contributed by atoms with Crippen molar-refractivity contribution in [1.29, 1.82) is 0 Å². The van der Waals surface area contributed by atoms with Gasteiger partial charge in [-0.05, 0) is 32.1 Å². The zero-order valence-electron chi connectivity index (χ0n) is 12.3. The molecule has 0 aliphatic heterocycles. The van der Waals surface area contributed by atoms with Gasteiger partial charge in [-0.15, -0.1) is 0 Å². The second-order valence-corrected chi connectivity index (χ2v) is 5.47. The number of phenolic OH excluding ortho intramolecular Hbond substituents is 1. The van der Waals surface area contributed by atoms with Crippen molar-refractivity contribution in [3.8, 4) is 5.75 Å². The number of carbonyl (C=O) groups is 1. The van der Waals surface area contributed by atoms with E-state index >= 15 is 0 Å². The van der Waals surface area contributed by atoms with E-state index in [4.69, 9.17) is 0 Å². The van der Waals surface area contributed by atoms with Crippen molar-refractivity contribution in [2.24, 2.45) is 5.92 Å². The number of benzene rings is 1. The van der Waals surface area contributed by atoms with Crippen molar-refractivity contribution >= 4 is 5.91 Å². The zero-order valence-corrected chi connectivity index (χ0v) is 12.3. The van der Waals surface area contributed by atoms with Gasteiger partial charge in [0.25, 0.3) is 5.91 Å². The SMILES string of the molecule is CC(C)CN(CCN(C)C)C(=O)c1ccccc1O. The van der Waals surface area contributed by atoms with E-state index in [1.54, 1.807) is 29.2 Å². The Labute approximate surface area is 115 Å². The van der Waals surface area contributed by atoms with Crippen LogP contribution in [0.3, 0.4) is 0 Å². The summed E-state index contributed by atoms with van der Waals surface area (Å²) in [5.41, 5.74) is 0.377. The van der Waals surface area contributed by atoms with Gasteiger partial charge in [0.2, 0.25) is 0 Å². The summed E-state index contributed by atoms with van der Waals surface area (Å²) in [6, 6.07) is 6.71. The first kappa shape index (κ1) is 15.5. The summed E-state index contributed by atoms with van der Waals surface area (Å²) < 4.78 is 0. The van der Waals surface area contributed by atoms with Gasteiger partial charge in [0.15, 0.2) is 0 Å². The van der Waals surface area contributed by atoms with Gasteiger partial charge in [-0.2, -0.15) is 0 Å². The van der Waals surface area contributed by atoms with Crippen molar-refractivity contribution in [2.45, 2.75) is 13.8 Å². The lowest BCUT2D eigenvalue weighted by Gasteiger charge is -2.26. The Balaban J connectivity index is 2.84. The summed E-state index contributed by atoms with van der Waals surface area (Å²) in [7, 11) is 3.97. The minimum Gasteiger partial charge on any atom is -0.507 e. The highest BCUT2D eigenvalue weighted by Gasteiger charge is 2.19. The van der Waals surface area contributed by atoms with E-state index < -0.39 is 0 Å². The Bertz CT molecular complexity index is 416. The molecule has 1 aromatic rings. The molecule has 1 rings (SSSR count). The van der Waals surface area contributed by atoms with Crippen LogP contribution in [0.2, 0.25) is 0 Å². The number of rotatable bonds is 6. The lowest BCUT2D eigenvalue weighted by Crippen LogP contribution is -2.39. The third-order valence-electron chi connectivity index (χ3n) is 2.82. The average molecular weight is 264 g/mol. The van der Waals surface area contributed by atoms with Crippen molar-refractivity contribution < 1.29 is 9.90 Å². The number of aromatic hydroxyl groups is 1. The second-order valence-electron chi connectivity index (χ2n) is 5.47. The lowest BCUT2D eigenvalue weighted by molar-refractivity contribution is 0.0721. The van der Waals surface area contributed by atoms with E-state index in [2.05, 4.69) is 13.8 Å². The molecular weight excluding hydrogens is 240 g/mol. The highest BCUT2D eigenvalue weighted by atomic mass is 16.3. The van der Waals surface area contributed by atoms with Crippen LogP contribution in [0.15, 0.2) is 24.3 Å². The smallest absolute Gasteiger partial charge is 0.257 e. The normalized spacial score (nSPS) is 11.1. The van der Waals surface area contributed by atoms with Crippen molar-refractivity contribution in [3.63, 3.8) is 0 Å². The van der Waals surface area contributed by atoms with Crippen molar-refractivity contribution in [3.05, 3.63) is 29.8 Å². The van der Waals surface area contributed by atoms with Gasteiger partial charge in [-0.3, -0.25) is 4.79 Å². The van der Waals surface area contributed by atoms with Crippen LogP contribution in [0, 0.1) is 5.92 Å². The van der Waals surface area contributed by atoms with Crippen LogP contribution in [0.4, 0.5) is 0 Å². The molecular formula is C15H24N2O2. The van der Waals surface area contributed by atoms with Crippen LogP contribution >= 0.6 is 0 Å². The van der Waals surface area contributed by atoms with Gasteiger partial charge in [0, 0.05) is 19.6 Å². The van der Waals surface area contributed by atoms with Gasteiger partial charge < -0.3 is 14.9 Å². The molecule has 1 aromatic carbocycles. The number of phenols is 1. The van der Waals surface area contributed by atoms with Crippen LogP contribution in [-0.2, 0) is 0 Å². The highest BCUT2D eigenvalue weighted by Crippen LogP contribution is 2.18. The van der Waals surface area contributed by atoms with E-state index in [0.29, 0.717) is 24.6 Å². The quantitative estimate of drug-likeness (QED) is 0.855. The molecule has 0 aliphatic carbocycles. The Kier molecular flexibility index (Phi) is 5.83. The summed E-state index contributed by atoms with van der Waals surface area (Å²) in [5.74, 6) is 0.344. The van der Waals surface area contributed by atoms with E-state index in [0.717, 1.165) is 6.54 Å². The van der Waals surface area contributed by atoms with Crippen LogP contribution in [0.5, 0.6) is 5.75 Å². The van der Waals surface area contributed by atoms with E-state index in [9.17, 15) is 9.90 Å². The number of hydrogen-bond acceptors (Lipinski definition) is 3. The Morgan fingerprint density at radius 3 is 2.37 bits per heavy atom. The molecule has 0 bridgehead atoms. The Morgan fingerprint density at radius 2 is 1.84 bits per heavy atom. The maximum absolute atomic E-state index is 12.5. The molecule has 0 aromatic heterocycles.